The Morgan fingerprint density at radius 2 is 1.78 bits per heavy atom. The summed E-state index contributed by atoms with van der Waals surface area (Å²) in [6, 6.07) is 16.5. The average molecular weight is 451 g/mol. The van der Waals surface area contributed by atoms with Crippen molar-refractivity contribution in [2.45, 2.75) is 25.2 Å². The molecule has 32 heavy (non-hydrogen) atoms. The molecule has 168 valence electrons. The smallest absolute Gasteiger partial charge is 0.225 e. The first-order valence-electron chi connectivity index (χ1n) is 11.5. The molecule has 1 amide bonds. The van der Waals surface area contributed by atoms with Crippen LogP contribution in [0.3, 0.4) is 0 Å². The first kappa shape index (κ1) is 21.4. The molecule has 2 saturated heterocycles. The van der Waals surface area contributed by atoms with E-state index in [9.17, 15) is 4.79 Å². The number of aromatic nitrogens is 1. The molecule has 3 heterocycles. The van der Waals surface area contributed by atoms with Gasteiger partial charge < -0.3 is 19.9 Å². The quantitative estimate of drug-likeness (QED) is 0.605. The number of piperidine rings is 1. The van der Waals surface area contributed by atoms with Crippen molar-refractivity contribution in [2.24, 2.45) is 0 Å². The third-order valence-electron chi connectivity index (χ3n) is 6.43. The van der Waals surface area contributed by atoms with E-state index in [0.717, 1.165) is 70.0 Å². The van der Waals surface area contributed by atoms with Crippen LogP contribution in [0.5, 0.6) is 0 Å². The number of fused-ring (bicyclic) bond motifs is 1. The monoisotopic (exact) mass is 450 g/mol. The molecule has 2 aliphatic rings. The summed E-state index contributed by atoms with van der Waals surface area (Å²) in [6.45, 7) is 6.25. The molecule has 0 saturated carbocycles. The number of carbonyl (C=O) groups is 1. The maximum atomic E-state index is 12.5. The highest BCUT2D eigenvalue weighted by atomic mass is 32.1. The number of hydrogen-bond donors (Lipinski definition) is 1. The van der Waals surface area contributed by atoms with Gasteiger partial charge in [0.25, 0.3) is 0 Å². The fraction of sp³-hybridized carbons (Fsp3) is 0.440. The third-order valence-corrected chi connectivity index (χ3v) is 7.63. The molecule has 5 rings (SSSR count). The number of ether oxygens (including phenoxy) is 1. The van der Waals surface area contributed by atoms with Gasteiger partial charge in [0.2, 0.25) is 5.91 Å². The van der Waals surface area contributed by atoms with Crippen molar-refractivity contribution in [3.63, 3.8) is 0 Å². The summed E-state index contributed by atoms with van der Waals surface area (Å²) in [5.41, 5.74) is 3.16. The fourth-order valence-electron chi connectivity index (χ4n) is 4.53. The van der Waals surface area contributed by atoms with E-state index < -0.39 is 0 Å². The summed E-state index contributed by atoms with van der Waals surface area (Å²) in [5, 5.41) is 4.31. The second-order valence-electron chi connectivity index (χ2n) is 8.58. The number of para-hydroxylation sites is 1. The SMILES string of the molecule is O=C(CCN1CCC(c2nc3ccccc3s2)CC1)Nc1ccc(N2CCOCC2)cc1. The Morgan fingerprint density at radius 1 is 1.03 bits per heavy atom. The van der Waals surface area contributed by atoms with Crippen LogP contribution in [0.4, 0.5) is 11.4 Å². The van der Waals surface area contributed by atoms with Crippen LogP contribution in [0.15, 0.2) is 48.5 Å². The topological polar surface area (TPSA) is 57.7 Å². The molecule has 0 radical (unpaired) electrons. The molecular formula is C25H30N4O2S. The lowest BCUT2D eigenvalue weighted by Gasteiger charge is -2.30. The third kappa shape index (κ3) is 5.11. The normalized spacial score (nSPS) is 18.2. The molecule has 1 N–H and O–H groups in total. The average Bonchev–Trinajstić information content (AvgIpc) is 3.28. The van der Waals surface area contributed by atoms with E-state index in [1.54, 1.807) is 0 Å². The van der Waals surface area contributed by atoms with E-state index in [-0.39, 0.29) is 5.91 Å². The maximum Gasteiger partial charge on any atom is 0.225 e. The van der Waals surface area contributed by atoms with E-state index in [1.807, 2.05) is 23.5 Å². The number of nitrogens with zero attached hydrogens (tertiary/aromatic N) is 3. The Balaban J connectivity index is 1.06. The van der Waals surface area contributed by atoms with Crippen molar-refractivity contribution in [1.29, 1.82) is 0 Å². The van der Waals surface area contributed by atoms with E-state index in [0.29, 0.717) is 12.3 Å². The van der Waals surface area contributed by atoms with Gasteiger partial charge in [-0.15, -0.1) is 11.3 Å². The number of amides is 1. The summed E-state index contributed by atoms with van der Waals surface area (Å²) >= 11 is 1.83. The zero-order chi connectivity index (χ0) is 21.8. The molecule has 0 spiro atoms. The molecule has 2 aromatic carbocycles. The number of rotatable bonds is 6. The molecule has 0 bridgehead atoms. The lowest BCUT2D eigenvalue weighted by molar-refractivity contribution is -0.116. The van der Waals surface area contributed by atoms with Crippen molar-refractivity contribution < 1.29 is 9.53 Å². The predicted octanol–water partition coefficient (Wildman–Crippen LogP) is 4.34. The van der Waals surface area contributed by atoms with Crippen molar-refractivity contribution in [3.8, 4) is 0 Å². The van der Waals surface area contributed by atoms with E-state index in [4.69, 9.17) is 9.72 Å². The van der Waals surface area contributed by atoms with Crippen LogP contribution in [-0.2, 0) is 9.53 Å². The number of anilines is 2. The number of morpholine rings is 1. The number of carbonyl (C=O) groups excluding carboxylic acids is 1. The van der Waals surface area contributed by atoms with Gasteiger partial charge in [0.15, 0.2) is 0 Å². The molecule has 7 heteroatoms. The van der Waals surface area contributed by atoms with E-state index in [1.165, 1.54) is 15.4 Å². The van der Waals surface area contributed by atoms with Crippen LogP contribution in [0.2, 0.25) is 0 Å². The van der Waals surface area contributed by atoms with E-state index >= 15 is 0 Å². The Bertz CT molecular complexity index is 1000. The van der Waals surface area contributed by atoms with Gasteiger partial charge in [0.05, 0.1) is 28.4 Å². The molecule has 3 aromatic rings. The van der Waals surface area contributed by atoms with Gasteiger partial charge >= 0.3 is 0 Å². The highest BCUT2D eigenvalue weighted by Gasteiger charge is 2.23. The highest BCUT2D eigenvalue weighted by Crippen LogP contribution is 2.33. The minimum absolute atomic E-state index is 0.0809. The molecular weight excluding hydrogens is 420 g/mol. The molecule has 2 fully saturated rings. The van der Waals surface area contributed by atoms with Crippen LogP contribution >= 0.6 is 11.3 Å². The van der Waals surface area contributed by atoms with Gasteiger partial charge in [-0.25, -0.2) is 4.98 Å². The number of thiazole rings is 1. The van der Waals surface area contributed by atoms with Crippen molar-refractivity contribution in [1.82, 2.24) is 9.88 Å². The highest BCUT2D eigenvalue weighted by molar-refractivity contribution is 7.18. The molecule has 2 aliphatic heterocycles. The fourth-order valence-corrected chi connectivity index (χ4v) is 5.66. The zero-order valence-electron chi connectivity index (χ0n) is 18.3. The lowest BCUT2D eigenvalue weighted by Crippen LogP contribution is -2.36. The number of benzene rings is 2. The van der Waals surface area contributed by atoms with Crippen LogP contribution in [0.25, 0.3) is 10.2 Å². The molecule has 0 atom stereocenters. The first-order valence-corrected chi connectivity index (χ1v) is 12.4. The Hall–Kier alpha value is -2.48. The summed E-state index contributed by atoms with van der Waals surface area (Å²) in [7, 11) is 0. The van der Waals surface area contributed by atoms with Crippen LogP contribution < -0.4 is 10.2 Å². The van der Waals surface area contributed by atoms with Crippen molar-refractivity contribution in [2.75, 3.05) is 56.2 Å². The van der Waals surface area contributed by atoms with Gasteiger partial charge in [0, 0.05) is 43.3 Å². The predicted molar refractivity (Wildman–Crippen MR) is 131 cm³/mol. The van der Waals surface area contributed by atoms with Crippen LogP contribution in [0.1, 0.15) is 30.2 Å². The van der Waals surface area contributed by atoms with Crippen LogP contribution in [0, 0.1) is 0 Å². The second-order valence-corrected chi connectivity index (χ2v) is 9.64. The summed E-state index contributed by atoms with van der Waals surface area (Å²) < 4.78 is 6.69. The summed E-state index contributed by atoms with van der Waals surface area (Å²) in [5.74, 6) is 0.625. The number of likely N-dealkylation sites (tertiary alicyclic amines) is 1. The summed E-state index contributed by atoms with van der Waals surface area (Å²) in [6.07, 6.45) is 2.76. The minimum Gasteiger partial charge on any atom is -0.378 e. The Morgan fingerprint density at radius 3 is 2.53 bits per heavy atom. The first-order chi connectivity index (χ1) is 15.7. The van der Waals surface area contributed by atoms with Gasteiger partial charge in [-0.2, -0.15) is 0 Å². The van der Waals surface area contributed by atoms with Gasteiger partial charge in [-0.3, -0.25) is 4.79 Å². The standard InChI is InChI=1S/C25H30N4O2S/c30-24(26-20-5-7-21(8-6-20)29-15-17-31-18-16-29)11-14-28-12-9-19(10-13-28)25-27-22-3-1-2-4-23(22)32-25/h1-8,19H,9-18H2,(H,26,30). The van der Waals surface area contributed by atoms with Gasteiger partial charge in [0.1, 0.15) is 0 Å². The molecule has 0 aliphatic carbocycles. The largest absolute Gasteiger partial charge is 0.378 e. The number of nitrogens with one attached hydrogen (secondary N) is 1. The Labute approximate surface area is 193 Å². The molecule has 6 nitrogen and oxygen atoms in total. The minimum atomic E-state index is 0.0809. The van der Waals surface area contributed by atoms with Crippen molar-refractivity contribution in [3.05, 3.63) is 53.5 Å². The molecule has 1 aromatic heterocycles. The van der Waals surface area contributed by atoms with Gasteiger partial charge in [-0.1, -0.05) is 12.1 Å². The maximum absolute atomic E-state index is 12.5. The summed E-state index contributed by atoms with van der Waals surface area (Å²) in [4.78, 5) is 22.0. The number of hydrogen-bond acceptors (Lipinski definition) is 6. The second kappa shape index (κ2) is 9.98. The molecule has 0 unspecified atom stereocenters. The van der Waals surface area contributed by atoms with Crippen molar-refractivity contribution >= 4 is 38.8 Å². The van der Waals surface area contributed by atoms with E-state index in [2.05, 4.69) is 51.5 Å². The zero-order valence-corrected chi connectivity index (χ0v) is 19.2. The van der Waals surface area contributed by atoms with Crippen LogP contribution in [-0.4, -0.2) is 61.7 Å². The Kier molecular flexibility index (Phi) is 6.67. The lowest BCUT2D eigenvalue weighted by atomic mass is 9.97. The van der Waals surface area contributed by atoms with Gasteiger partial charge in [-0.05, 0) is 62.3 Å².